The van der Waals surface area contributed by atoms with E-state index in [0.717, 1.165) is 49.3 Å². The first-order valence-corrected chi connectivity index (χ1v) is 18.5. The van der Waals surface area contributed by atoms with Crippen LogP contribution in [0.4, 0.5) is 0 Å². The number of ether oxygens (including phenoxy) is 1. The third-order valence-corrected chi connectivity index (χ3v) is 11.6. The van der Waals surface area contributed by atoms with Crippen LogP contribution in [-0.2, 0) is 29.5 Å². The van der Waals surface area contributed by atoms with Gasteiger partial charge in [-0.2, -0.15) is 0 Å². The topological polar surface area (TPSA) is 199 Å². The Bertz CT molecular complexity index is 1840. The maximum Gasteiger partial charge on any atom is 0.287 e. The molecule has 2 aromatic carbocycles. The molecule has 2 aliphatic heterocycles. The number of Topliss-reactive ketones (excluding diaryl/α,β-unsaturated/α-hetero) is 1. The van der Waals surface area contributed by atoms with Crippen molar-refractivity contribution in [2.45, 2.75) is 106 Å². The number of carbonyl (C=O) groups excluding carboxylic acids is 5. The monoisotopic (exact) mass is 713 g/mol. The Kier molecular flexibility index (Phi) is 10.1. The zero-order valence-electron chi connectivity index (χ0n) is 29.3. The number of primary amides is 1. The van der Waals surface area contributed by atoms with Gasteiger partial charge in [0, 0.05) is 18.5 Å². The van der Waals surface area contributed by atoms with Crippen molar-refractivity contribution in [3.63, 3.8) is 0 Å². The van der Waals surface area contributed by atoms with Gasteiger partial charge >= 0.3 is 0 Å². The van der Waals surface area contributed by atoms with E-state index in [4.69, 9.17) is 10.5 Å². The lowest BCUT2D eigenvalue weighted by molar-refractivity contribution is -0.189. The van der Waals surface area contributed by atoms with Gasteiger partial charge in [0.15, 0.2) is 5.60 Å². The van der Waals surface area contributed by atoms with Gasteiger partial charge in [-0.3, -0.25) is 24.0 Å². The molecule has 14 nitrogen and oxygen atoms in total. The van der Waals surface area contributed by atoms with E-state index in [1.807, 2.05) is 30.3 Å². The molecule has 0 bridgehead atoms. The van der Waals surface area contributed by atoms with Crippen LogP contribution in [0.15, 0.2) is 48.7 Å². The maximum absolute atomic E-state index is 14.9. The molecular weight excluding hydrogens is 666 g/mol. The van der Waals surface area contributed by atoms with E-state index in [9.17, 15) is 29.1 Å². The van der Waals surface area contributed by atoms with Gasteiger partial charge in [0.05, 0.1) is 31.1 Å². The van der Waals surface area contributed by atoms with Crippen molar-refractivity contribution < 1.29 is 33.8 Å². The molecule has 0 spiro atoms. The van der Waals surface area contributed by atoms with Crippen molar-refractivity contribution in [2.75, 3.05) is 19.8 Å². The number of likely N-dealkylation sites (tertiary alicyclic amines) is 1. The summed E-state index contributed by atoms with van der Waals surface area (Å²) in [5.74, 6) is -3.16. The maximum atomic E-state index is 14.9. The summed E-state index contributed by atoms with van der Waals surface area (Å²) in [4.78, 5) is 70.0. The highest BCUT2D eigenvalue weighted by Gasteiger charge is 2.50. The highest BCUT2D eigenvalue weighted by Crippen LogP contribution is 2.37. The van der Waals surface area contributed by atoms with E-state index < -0.39 is 58.7 Å². The van der Waals surface area contributed by atoms with Crippen LogP contribution in [0.5, 0.6) is 0 Å². The fourth-order valence-corrected chi connectivity index (χ4v) is 8.64. The van der Waals surface area contributed by atoms with Gasteiger partial charge in [-0.1, -0.05) is 86.9 Å². The van der Waals surface area contributed by atoms with Crippen molar-refractivity contribution in [1.29, 1.82) is 0 Å². The molecular formula is C38H47N7O7. The summed E-state index contributed by atoms with van der Waals surface area (Å²) in [7, 11) is 0. The molecule has 52 heavy (non-hydrogen) atoms. The van der Waals surface area contributed by atoms with Gasteiger partial charge in [0.2, 0.25) is 17.6 Å². The van der Waals surface area contributed by atoms with E-state index in [1.165, 1.54) is 11.1 Å². The number of benzene rings is 2. The molecule has 3 atom stereocenters. The number of rotatable bonds is 11. The van der Waals surface area contributed by atoms with Crippen LogP contribution >= 0.6 is 0 Å². The van der Waals surface area contributed by atoms with Gasteiger partial charge < -0.3 is 31.1 Å². The first-order valence-electron chi connectivity index (χ1n) is 18.5. The number of aliphatic hydroxyl groups is 1. The van der Waals surface area contributed by atoms with Crippen LogP contribution < -0.4 is 16.4 Å². The molecule has 14 heteroatoms. The summed E-state index contributed by atoms with van der Waals surface area (Å²) >= 11 is 0. The third kappa shape index (κ3) is 7.05. The number of nitrogens with one attached hydrogen (secondary N) is 2. The highest BCUT2D eigenvalue weighted by atomic mass is 16.5. The number of nitrogens with two attached hydrogens (primary N) is 1. The number of ketones is 1. The van der Waals surface area contributed by atoms with Crippen molar-refractivity contribution in [1.82, 2.24) is 30.5 Å². The average Bonchev–Trinajstić information content (AvgIpc) is 3.82. The first kappa shape index (κ1) is 35.7. The largest absolute Gasteiger partial charge is 0.379 e. The minimum absolute atomic E-state index is 0.0357. The summed E-state index contributed by atoms with van der Waals surface area (Å²) in [5.41, 5.74) is 3.53. The summed E-state index contributed by atoms with van der Waals surface area (Å²) in [6, 6.07) is 10.6. The van der Waals surface area contributed by atoms with Crippen LogP contribution in [0.2, 0.25) is 0 Å². The van der Waals surface area contributed by atoms with E-state index in [2.05, 4.69) is 20.9 Å². The zero-order chi connectivity index (χ0) is 36.5. The van der Waals surface area contributed by atoms with Gasteiger partial charge in [-0.25, -0.2) is 4.68 Å². The smallest absolute Gasteiger partial charge is 0.287 e. The van der Waals surface area contributed by atoms with Crippen LogP contribution in [0.1, 0.15) is 99.1 Å². The number of hydrogen-bond acceptors (Lipinski definition) is 9. The number of nitrogens with zero attached hydrogens (tertiary/aromatic N) is 4. The van der Waals surface area contributed by atoms with Crippen molar-refractivity contribution in [3.05, 3.63) is 59.9 Å². The predicted molar refractivity (Wildman–Crippen MR) is 188 cm³/mol. The Morgan fingerprint density at radius 1 is 0.962 bits per heavy atom. The highest BCUT2D eigenvalue weighted by molar-refractivity contribution is 6.39. The summed E-state index contributed by atoms with van der Waals surface area (Å²) < 4.78 is 6.83. The van der Waals surface area contributed by atoms with Crippen LogP contribution in [-0.4, -0.2) is 91.8 Å². The fraction of sp³-hybridized carbons (Fsp3) is 0.553. The third-order valence-electron chi connectivity index (χ3n) is 11.6. The second-order valence-corrected chi connectivity index (χ2v) is 15.1. The normalized spacial score (nSPS) is 23.4. The Morgan fingerprint density at radius 3 is 2.37 bits per heavy atom. The second-order valence-electron chi connectivity index (χ2n) is 15.1. The van der Waals surface area contributed by atoms with E-state index in [-0.39, 0.29) is 44.9 Å². The second kappa shape index (κ2) is 14.7. The molecule has 1 aromatic heterocycles. The minimum atomic E-state index is -1.46. The number of aromatic nitrogens is 3. The van der Waals surface area contributed by atoms with Gasteiger partial charge in [-0.15, -0.1) is 5.10 Å². The quantitative estimate of drug-likeness (QED) is 0.216. The van der Waals surface area contributed by atoms with Crippen molar-refractivity contribution in [2.24, 2.45) is 11.7 Å². The summed E-state index contributed by atoms with van der Waals surface area (Å²) in [6.07, 6.45) is 9.66. The van der Waals surface area contributed by atoms with Gasteiger partial charge in [0.1, 0.15) is 17.6 Å². The molecule has 3 aromatic rings. The molecule has 1 unspecified atom stereocenters. The number of hydrogen-bond donors (Lipinski definition) is 4. The Morgan fingerprint density at radius 2 is 1.67 bits per heavy atom. The minimum Gasteiger partial charge on any atom is -0.379 e. The standard InChI is InChI=1S/C38H47N7O7/c39-33(47)32(46)37(15-7-2-8-16-37)42-35(49)30-19-28(45-31(20-40-43-45)38(51)22-52-23-38)21-44(30)36(50)29(17-24-9-3-1-4-10-24)41-34(48)27-14-13-25-11-5-6-12-26(25)18-27/h5-6,11-14,18,20,24,28-30,51H,1-4,7-10,15-17,19,21-23H2,(H2,39,47)(H,41,48)(H,42,49)/t28-,29?,30-/m0/s1. The molecule has 3 heterocycles. The molecule has 2 saturated carbocycles. The van der Waals surface area contributed by atoms with Gasteiger partial charge in [-0.05, 0) is 48.1 Å². The Labute approximate surface area is 301 Å². The lowest BCUT2D eigenvalue weighted by Crippen LogP contribution is -2.62. The van der Waals surface area contributed by atoms with Crippen molar-refractivity contribution >= 4 is 40.2 Å². The molecule has 276 valence electrons. The number of fused-ring (bicyclic) bond motifs is 1. The first-order chi connectivity index (χ1) is 25.1. The van der Waals surface area contributed by atoms with Crippen LogP contribution in [0, 0.1) is 5.92 Å². The number of carbonyl (C=O) groups is 5. The van der Waals surface area contributed by atoms with E-state index in [0.29, 0.717) is 30.5 Å². The molecule has 5 N–H and O–H groups in total. The molecule has 4 amide bonds. The Balaban J connectivity index is 1.21. The summed E-state index contributed by atoms with van der Waals surface area (Å²) in [6.45, 7) is 0.150. The summed E-state index contributed by atoms with van der Waals surface area (Å²) in [5, 5.41) is 27.3. The SMILES string of the molecule is NC(=O)C(=O)C1(NC(=O)[C@@H]2C[C@H](n3nncc3C3(O)COC3)CN2C(=O)C(CC2CCCCC2)NC(=O)c2ccc3ccccc3c2)CCCCC1. The van der Waals surface area contributed by atoms with Crippen molar-refractivity contribution in [3.8, 4) is 0 Å². The van der Waals surface area contributed by atoms with Crippen LogP contribution in [0.3, 0.4) is 0 Å². The molecule has 4 fully saturated rings. The van der Waals surface area contributed by atoms with E-state index in [1.54, 1.807) is 16.8 Å². The van der Waals surface area contributed by atoms with E-state index >= 15 is 0 Å². The average molecular weight is 714 g/mol. The predicted octanol–water partition coefficient (Wildman–Crippen LogP) is 2.43. The lowest BCUT2D eigenvalue weighted by Gasteiger charge is -2.38. The lowest BCUT2D eigenvalue weighted by atomic mass is 9.78. The Hall–Kier alpha value is -4.69. The van der Waals surface area contributed by atoms with Crippen LogP contribution in [0.25, 0.3) is 10.8 Å². The zero-order valence-corrected chi connectivity index (χ0v) is 29.3. The fourth-order valence-electron chi connectivity index (χ4n) is 8.64. The molecule has 2 aliphatic carbocycles. The molecule has 4 aliphatic rings. The molecule has 7 rings (SSSR count). The molecule has 0 radical (unpaired) electrons. The van der Waals surface area contributed by atoms with Gasteiger partial charge in [0.25, 0.3) is 11.8 Å². The number of amides is 4. The molecule has 2 saturated heterocycles.